The summed E-state index contributed by atoms with van der Waals surface area (Å²) in [6.07, 6.45) is 0. The van der Waals surface area contributed by atoms with E-state index in [1.54, 1.807) is 5.32 Å². The van der Waals surface area contributed by atoms with Crippen molar-refractivity contribution in [2.45, 2.75) is 38.2 Å². The lowest BCUT2D eigenvalue weighted by Gasteiger charge is -2.40. The molecule has 0 aliphatic carbocycles. The van der Waals surface area contributed by atoms with E-state index in [9.17, 15) is 22.4 Å². The van der Waals surface area contributed by atoms with E-state index in [1.807, 2.05) is 6.07 Å². The monoisotopic (exact) mass is 317 g/mol. The van der Waals surface area contributed by atoms with Crippen molar-refractivity contribution in [1.29, 1.82) is 5.26 Å². The number of rotatable bonds is 4. The second-order valence-corrected chi connectivity index (χ2v) is 5.17. The van der Waals surface area contributed by atoms with Crippen LogP contribution < -0.4 is 10.6 Å². The van der Waals surface area contributed by atoms with Crippen LogP contribution in [-0.4, -0.2) is 23.4 Å². The van der Waals surface area contributed by atoms with Crippen LogP contribution in [0, 0.1) is 11.3 Å². The number of alkyl halides is 4. The molecule has 4 nitrogen and oxygen atoms in total. The molecule has 0 aromatic heterocycles. The molecule has 0 heterocycles. The van der Waals surface area contributed by atoms with Crippen LogP contribution in [0.25, 0.3) is 0 Å². The van der Waals surface area contributed by atoms with Crippen molar-refractivity contribution in [2.24, 2.45) is 0 Å². The van der Waals surface area contributed by atoms with Gasteiger partial charge in [-0.15, -0.1) is 0 Å². The van der Waals surface area contributed by atoms with E-state index in [4.69, 9.17) is 5.26 Å². The van der Waals surface area contributed by atoms with Crippen molar-refractivity contribution in [3.63, 3.8) is 0 Å². The first kappa shape index (κ1) is 17.8. The molecule has 2 amide bonds. The Kier molecular flexibility index (Phi) is 4.70. The minimum absolute atomic E-state index is 0.178. The van der Waals surface area contributed by atoms with E-state index in [0.29, 0.717) is 26.3 Å². The molecular weight excluding hydrogens is 302 g/mol. The Labute approximate surface area is 125 Å². The maximum Gasteiger partial charge on any atom is 0.320 e. The lowest BCUT2D eigenvalue weighted by Crippen LogP contribution is -2.67. The molecule has 0 saturated heterocycles. The van der Waals surface area contributed by atoms with Gasteiger partial charge < -0.3 is 10.6 Å². The molecule has 8 heteroatoms. The van der Waals surface area contributed by atoms with Crippen molar-refractivity contribution < 1.29 is 22.4 Å². The molecule has 0 spiro atoms. The number of anilines is 1. The molecule has 0 bridgehead atoms. The Balaban J connectivity index is 2.91. The number of nitrogens with zero attached hydrogens (tertiary/aromatic N) is 1. The number of amides is 2. The second-order valence-electron chi connectivity index (χ2n) is 5.17. The van der Waals surface area contributed by atoms with Gasteiger partial charge >= 0.3 is 6.03 Å². The van der Waals surface area contributed by atoms with Gasteiger partial charge in [0.2, 0.25) is 0 Å². The normalized spacial score (nSPS) is 12.5. The van der Waals surface area contributed by atoms with Crippen LogP contribution >= 0.6 is 0 Å². The van der Waals surface area contributed by atoms with Gasteiger partial charge in [0.15, 0.2) is 5.54 Å². The molecule has 0 aliphatic heterocycles. The third-order valence-corrected chi connectivity index (χ3v) is 3.39. The van der Waals surface area contributed by atoms with Crippen molar-refractivity contribution in [1.82, 2.24) is 5.32 Å². The third-order valence-electron chi connectivity index (χ3n) is 3.39. The molecule has 22 heavy (non-hydrogen) atoms. The predicted octanol–water partition coefficient (Wildman–Crippen LogP) is 3.75. The van der Waals surface area contributed by atoms with Crippen LogP contribution in [-0.2, 0) is 0 Å². The fourth-order valence-corrected chi connectivity index (χ4v) is 1.62. The molecule has 0 aliphatic rings. The number of benzene rings is 1. The zero-order valence-electron chi connectivity index (χ0n) is 12.2. The first-order valence-corrected chi connectivity index (χ1v) is 6.26. The zero-order chi connectivity index (χ0) is 17.2. The van der Waals surface area contributed by atoms with Crippen molar-refractivity contribution in [2.75, 3.05) is 5.32 Å². The number of urea groups is 1. The first-order valence-electron chi connectivity index (χ1n) is 6.26. The highest BCUT2D eigenvalue weighted by Gasteiger charge is 2.61. The van der Waals surface area contributed by atoms with E-state index in [-0.39, 0.29) is 5.69 Å². The summed E-state index contributed by atoms with van der Waals surface area (Å²) in [6.45, 7) is 1.20. The molecule has 0 fully saturated rings. The highest BCUT2D eigenvalue weighted by Crippen LogP contribution is 2.40. The number of hydrogen-bond acceptors (Lipinski definition) is 2. The molecule has 1 aromatic rings. The van der Waals surface area contributed by atoms with Crippen LogP contribution in [0.5, 0.6) is 0 Å². The fourth-order valence-electron chi connectivity index (χ4n) is 1.62. The summed E-state index contributed by atoms with van der Waals surface area (Å²) in [5.41, 5.74) is -2.55. The van der Waals surface area contributed by atoms with Gasteiger partial charge in [-0.25, -0.2) is 22.4 Å². The van der Waals surface area contributed by atoms with E-state index in [0.717, 1.165) is 0 Å². The van der Waals surface area contributed by atoms with Gasteiger partial charge in [0.25, 0.3) is 11.8 Å². The number of nitriles is 1. The largest absolute Gasteiger partial charge is 0.321 e. The molecular formula is C14H15F4N3O. The zero-order valence-corrected chi connectivity index (χ0v) is 12.2. The predicted molar refractivity (Wildman–Crippen MR) is 73.0 cm³/mol. The smallest absolute Gasteiger partial charge is 0.320 e. The Morgan fingerprint density at radius 1 is 1.05 bits per heavy atom. The number of carbonyl (C=O) groups is 1. The minimum atomic E-state index is -3.85. The average Bonchev–Trinajstić information content (AvgIpc) is 2.36. The number of halogens is 4. The summed E-state index contributed by atoms with van der Waals surface area (Å²) in [5.74, 6) is -7.71. The van der Waals surface area contributed by atoms with Gasteiger partial charge in [-0.3, -0.25) is 0 Å². The third kappa shape index (κ3) is 3.67. The van der Waals surface area contributed by atoms with E-state index < -0.39 is 23.4 Å². The Morgan fingerprint density at radius 3 is 1.86 bits per heavy atom. The Morgan fingerprint density at radius 2 is 1.50 bits per heavy atom. The highest BCUT2D eigenvalue weighted by molar-refractivity contribution is 5.90. The van der Waals surface area contributed by atoms with E-state index in [1.165, 1.54) is 24.3 Å². The van der Waals surface area contributed by atoms with Crippen molar-refractivity contribution in [3.8, 4) is 6.07 Å². The van der Waals surface area contributed by atoms with Gasteiger partial charge in [-0.1, -0.05) is 0 Å². The van der Waals surface area contributed by atoms with Crippen LogP contribution in [0.4, 0.5) is 28.0 Å². The summed E-state index contributed by atoms with van der Waals surface area (Å²) in [4.78, 5) is 11.7. The van der Waals surface area contributed by atoms with E-state index >= 15 is 0 Å². The summed E-state index contributed by atoms with van der Waals surface area (Å²) < 4.78 is 54.0. The standard InChI is InChI=1S/C14H15F4N3O/c1-12(13(2,15)16,14(3,17)18)21-11(22)20-10-6-4-9(8-19)5-7-10/h4-7H,1-3H3,(H2,20,21,22). The first-order chi connectivity index (χ1) is 9.90. The molecule has 0 unspecified atom stereocenters. The maximum atomic E-state index is 13.5. The maximum absolute atomic E-state index is 13.5. The Hall–Kier alpha value is -2.30. The molecule has 1 aromatic carbocycles. The number of carbonyl (C=O) groups excluding carboxylic acids is 1. The summed E-state index contributed by atoms with van der Waals surface area (Å²) in [5, 5.41) is 12.4. The lowest BCUT2D eigenvalue weighted by atomic mass is 9.88. The Bertz CT molecular complexity index is 568. The van der Waals surface area contributed by atoms with Gasteiger partial charge in [0.1, 0.15) is 0 Å². The van der Waals surface area contributed by atoms with Crippen LogP contribution in [0.2, 0.25) is 0 Å². The summed E-state index contributed by atoms with van der Waals surface area (Å²) in [6, 6.07) is 6.13. The molecule has 0 atom stereocenters. The van der Waals surface area contributed by atoms with Gasteiger partial charge in [0.05, 0.1) is 11.6 Å². The fraction of sp³-hybridized carbons (Fsp3) is 0.429. The lowest BCUT2D eigenvalue weighted by molar-refractivity contribution is -0.173. The van der Waals surface area contributed by atoms with Gasteiger partial charge in [-0.05, 0) is 31.2 Å². The molecule has 0 saturated carbocycles. The van der Waals surface area contributed by atoms with Crippen molar-refractivity contribution in [3.05, 3.63) is 29.8 Å². The quantitative estimate of drug-likeness (QED) is 0.831. The number of hydrogen-bond donors (Lipinski definition) is 2. The molecule has 120 valence electrons. The highest BCUT2D eigenvalue weighted by atomic mass is 19.3. The van der Waals surface area contributed by atoms with Gasteiger partial charge in [0, 0.05) is 19.5 Å². The van der Waals surface area contributed by atoms with E-state index in [2.05, 4.69) is 5.32 Å². The van der Waals surface area contributed by atoms with Crippen molar-refractivity contribution >= 4 is 11.7 Å². The van der Waals surface area contributed by atoms with Crippen LogP contribution in [0.3, 0.4) is 0 Å². The van der Waals surface area contributed by atoms with Gasteiger partial charge in [-0.2, -0.15) is 5.26 Å². The number of nitrogens with one attached hydrogen (secondary N) is 2. The molecule has 2 N–H and O–H groups in total. The topological polar surface area (TPSA) is 64.9 Å². The van der Waals surface area contributed by atoms with Crippen LogP contribution in [0.1, 0.15) is 26.3 Å². The molecule has 0 radical (unpaired) electrons. The second kappa shape index (κ2) is 5.83. The van der Waals surface area contributed by atoms with Crippen LogP contribution in [0.15, 0.2) is 24.3 Å². The summed E-state index contributed by atoms with van der Waals surface area (Å²) >= 11 is 0. The molecule has 1 rings (SSSR count). The SMILES string of the molecule is CC(F)(F)C(C)(NC(=O)Nc1ccc(C#N)cc1)C(C)(F)F. The summed E-state index contributed by atoms with van der Waals surface area (Å²) in [7, 11) is 0. The minimum Gasteiger partial charge on any atom is -0.321 e. The average molecular weight is 317 g/mol.